The van der Waals surface area contributed by atoms with Crippen molar-refractivity contribution in [2.75, 3.05) is 13.7 Å². The van der Waals surface area contributed by atoms with Crippen LogP contribution in [0.3, 0.4) is 0 Å². The van der Waals surface area contributed by atoms with Crippen LogP contribution in [0.1, 0.15) is 43.3 Å². The van der Waals surface area contributed by atoms with E-state index in [1.54, 1.807) is 7.11 Å². The lowest BCUT2D eigenvalue weighted by molar-refractivity contribution is -0.120. The Hall–Kier alpha value is -3.60. The number of aromatic nitrogens is 2. The van der Waals surface area contributed by atoms with Gasteiger partial charge in [0.1, 0.15) is 11.6 Å². The number of benzene rings is 3. The van der Waals surface area contributed by atoms with Crippen molar-refractivity contribution in [3.8, 4) is 5.75 Å². The SMILES string of the molecule is COc1ccc(CC(=O)NCCc2nc3ccccc3n2Cc2ccc(C(C)(C)C)cc2)cc1. The van der Waals surface area contributed by atoms with Crippen molar-refractivity contribution in [2.24, 2.45) is 0 Å². The second kappa shape index (κ2) is 10.1. The third-order valence-electron chi connectivity index (χ3n) is 6.09. The van der Waals surface area contributed by atoms with Gasteiger partial charge in [-0.3, -0.25) is 4.79 Å². The highest BCUT2D eigenvalue weighted by Crippen LogP contribution is 2.24. The van der Waals surface area contributed by atoms with E-state index in [4.69, 9.17) is 9.72 Å². The Morgan fingerprint density at radius 2 is 1.62 bits per heavy atom. The summed E-state index contributed by atoms with van der Waals surface area (Å²) in [5.74, 6) is 1.77. The highest BCUT2D eigenvalue weighted by atomic mass is 16.5. The van der Waals surface area contributed by atoms with Crippen molar-refractivity contribution in [1.29, 1.82) is 0 Å². The highest BCUT2D eigenvalue weighted by Gasteiger charge is 2.15. The summed E-state index contributed by atoms with van der Waals surface area (Å²) in [5, 5.41) is 3.04. The van der Waals surface area contributed by atoms with E-state index in [1.165, 1.54) is 11.1 Å². The smallest absolute Gasteiger partial charge is 0.224 e. The molecule has 5 heteroatoms. The van der Waals surface area contributed by atoms with E-state index in [2.05, 4.69) is 61.0 Å². The topological polar surface area (TPSA) is 56.1 Å². The maximum atomic E-state index is 12.4. The van der Waals surface area contributed by atoms with E-state index in [1.807, 2.05) is 42.5 Å². The van der Waals surface area contributed by atoms with Crippen LogP contribution in [0, 0.1) is 0 Å². The summed E-state index contributed by atoms with van der Waals surface area (Å²) in [7, 11) is 1.63. The van der Waals surface area contributed by atoms with Crippen LogP contribution in [-0.2, 0) is 29.6 Å². The van der Waals surface area contributed by atoms with Crippen LogP contribution in [-0.4, -0.2) is 29.1 Å². The first-order valence-electron chi connectivity index (χ1n) is 11.8. The molecule has 1 aromatic heterocycles. The molecule has 1 amide bonds. The molecule has 0 saturated carbocycles. The number of rotatable bonds is 8. The number of nitrogens with one attached hydrogen (secondary N) is 1. The van der Waals surface area contributed by atoms with Gasteiger partial charge in [-0.1, -0.05) is 69.3 Å². The van der Waals surface area contributed by atoms with Gasteiger partial charge in [0.25, 0.3) is 0 Å². The summed E-state index contributed by atoms with van der Waals surface area (Å²) in [6.07, 6.45) is 1.02. The van der Waals surface area contributed by atoms with Crippen molar-refractivity contribution in [3.05, 3.63) is 95.3 Å². The van der Waals surface area contributed by atoms with E-state index in [9.17, 15) is 4.79 Å². The lowest BCUT2D eigenvalue weighted by atomic mass is 9.87. The maximum absolute atomic E-state index is 12.4. The van der Waals surface area contributed by atoms with Gasteiger partial charge in [0.05, 0.1) is 24.6 Å². The van der Waals surface area contributed by atoms with Crippen molar-refractivity contribution in [3.63, 3.8) is 0 Å². The molecular formula is C29H33N3O2. The van der Waals surface area contributed by atoms with E-state index in [0.717, 1.165) is 34.7 Å². The first-order valence-corrected chi connectivity index (χ1v) is 11.8. The summed E-state index contributed by atoms with van der Waals surface area (Å²) in [4.78, 5) is 17.3. The summed E-state index contributed by atoms with van der Waals surface area (Å²) in [6, 6.07) is 24.6. The Labute approximate surface area is 201 Å². The molecule has 0 aliphatic heterocycles. The number of hydrogen-bond donors (Lipinski definition) is 1. The molecule has 3 aromatic carbocycles. The Kier molecular flexibility index (Phi) is 7.01. The standard InChI is InChI=1S/C29H33N3O2/c1-29(2,3)23-13-9-22(10-14-23)20-32-26-8-6-5-7-25(26)31-27(32)17-18-30-28(33)19-21-11-15-24(34-4)16-12-21/h5-16H,17-20H2,1-4H3,(H,30,33). The summed E-state index contributed by atoms with van der Waals surface area (Å²) >= 11 is 0. The van der Waals surface area contributed by atoms with Gasteiger partial charge < -0.3 is 14.6 Å². The number of para-hydroxylation sites is 2. The Morgan fingerprint density at radius 1 is 0.941 bits per heavy atom. The van der Waals surface area contributed by atoms with Gasteiger partial charge in [0.2, 0.25) is 5.91 Å². The van der Waals surface area contributed by atoms with Gasteiger partial charge in [-0.2, -0.15) is 0 Å². The van der Waals surface area contributed by atoms with Crippen LogP contribution in [0.15, 0.2) is 72.8 Å². The molecule has 176 valence electrons. The van der Waals surface area contributed by atoms with E-state index >= 15 is 0 Å². The molecule has 0 fully saturated rings. The lowest BCUT2D eigenvalue weighted by Crippen LogP contribution is -2.28. The molecule has 0 radical (unpaired) electrons. The number of hydrogen-bond acceptors (Lipinski definition) is 3. The predicted octanol–water partition coefficient (Wildman–Crippen LogP) is 5.29. The van der Waals surface area contributed by atoms with Crippen molar-refractivity contribution in [1.82, 2.24) is 14.9 Å². The average molecular weight is 456 g/mol. The number of imidazole rings is 1. The second-order valence-corrected chi connectivity index (χ2v) is 9.67. The number of ether oxygens (including phenoxy) is 1. The molecule has 0 bridgehead atoms. The van der Waals surface area contributed by atoms with Gasteiger partial charge in [0.15, 0.2) is 0 Å². The maximum Gasteiger partial charge on any atom is 0.224 e. The molecule has 0 aliphatic rings. The van der Waals surface area contributed by atoms with Gasteiger partial charge in [-0.05, 0) is 46.4 Å². The fraction of sp³-hybridized carbons (Fsp3) is 0.310. The number of fused-ring (bicyclic) bond motifs is 1. The molecule has 0 atom stereocenters. The van der Waals surface area contributed by atoms with Crippen molar-refractivity contribution >= 4 is 16.9 Å². The first-order chi connectivity index (χ1) is 16.3. The van der Waals surface area contributed by atoms with Gasteiger partial charge in [-0.25, -0.2) is 4.98 Å². The molecule has 0 unspecified atom stereocenters. The third kappa shape index (κ3) is 5.66. The minimum absolute atomic E-state index is 0.00518. The minimum atomic E-state index is 0.00518. The van der Waals surface area contributed by atoms with Crippen molar-refractivity contribution < 1.29 is 9.53 Å². The largest absolute Gasteiger partial charge is 0.497 e. The van der Waals surface area contributed by atoms with E-state index in [0.29, 0.717) is 19.4 Å². The van der Waals surface area contributed by atoms with Gasteiger partial charge in [-0.15, -0.1) is 0 Å². The minimum Gasteiger partial charge on any atom is -0.497 e. The summed E-state index contributed by atoms with van der Waals surface area (Å²) in [5.41, 5.74) is 5.75. The Balaban J connectivity index is 1.44. The zero-order valence-corrected chi connectivity index (χ0v) is 20.5. The molecule has 4 rings (SSSR count). The predicted molar refractivity (Wildman–Crippen MR) is 137 cm³/mol. The number of methoxy groups -OCH3 is 1. The van der Waals surface area contributed by atoms with Crippen LogP contribution in [0.2, 0.25) is 0 Å². The summed E-state index contributed by atoms with van der Waals surface area (Å²) < 4.78 is 7.44. The Morgan fingerprint density at radius 3 is 2.29 bits per heavy atom. The fourth-order valence-corrected chi connectivity index (χ4v) is 4.09. The molecule has 1 heterocycles. The molecule has 4 aromatic rings. The highest BCUT2D eigenvalue weighted by molar-refractivity contribution is 5.78. The molecule has 1 N–H and O–H groups in total. The number of nitrogens with zero attached hydrogens (tertiary/aromatic N) is 2. The zero-order chi connectivity index (χ0) is 24.1. The van der Waals surface area contributed by atoms with Crippen LogP contribution in [0.4, 0.5) is 0 Å². The molecule has 0 aliphatic carbocycles. The summed E-state index contributed by atoms with van der Waals surface area (Å²) in [6.45, 7) is 7.98. The van der Waals surface area contributed by atoms with Crippen LogP contribution in [0.25, 0.3) is 11.0 Å². The fourth-order valence-electron chi connectivity index (χ4n) is 4.09. The molecular weight excluding hydrogens is 422 g/mol. The van der Waals surface area contributed by atoms with Crippen LogP contribution >= 0.6 is 0 Å². The van der Waals surface area contributed by atoms with Crippen LogP contribution in [0.5, 0.6) is 5.75 Å². The van der Waals surface area contributed by atoms with Crippen LogP contribution < -0.4 is 10.1 Å². The Bertz CT molecular complexity index is 1250. The average Bonchev–Trinajstić information content (AvgIpc) is 3.16. The number of carbonyl (C=O) groups is 1. The van der Waals surface area contributed by atoms with Gasteiger partial charge >= 0.3 is 0 Å². The zero-order valence-electron chi connectivity index (χ0n) is 20.5. The number of amides is 1. The molecule has 0 saturated heterocycles. The third-order valence-corrected chi connectivity index (χ3v) is 6.09. The number of carbonyl (C=O) groups excluding carboxylic acids is 1. The molecule has 5 nitrogen and oxygen atoms in total. The monoisotopic (exact) mass is 455 g/mol. The van der Waals surface area contributed by atoms with E-state index in [-0.39, 0.29) is 11.3 Å². The lowest BCUT2D eigenvalue weighted by Gasteiger charge is -2.19. The quantitative estimate of drug-likeness (QED) is 0.393. The molecule has 0 spiro atoms. The second-order valence-electron chi connectivity index (χ2n) is 9.67. The van der Waals surface area contributed by atoms with Gasteiger partial charge in [0, 0.05) is 19.5 Å². The van der Waals surface area contributed by atoms with Crippen molar-refractivity contribution in [2.45, 2.75) is 45.6 Å². The van der Waals surface area contributed by atoms with E-state index < -0.39 is 0 Å². The first kappa shape index (κ1) is 23.6. The molecule has 34 heavy (non-hydrogen) atoms. The normalized spacial score (nSPS) is 11.5.